The molecule has 3 heteroatoms. The van der Waals surface area contributed by atoms with Crippen molar-refractivity contribution >= 4 is 22.5 Å². The van der Waals surface area contributed by atoms with Gasteiger partial charge >= 0.3 is 0 Å². The molecule has 2 nitrogen and oxygen atoms in total. The molecule has 2 aromatic carbocycles. The van der Waals surface area contributed by atoms with Gasteiger partial charge in [-0.3, -0.25) is 0 Å². The van der Waals surface area contributed by atoms with E-state index in [9.17, 15) is 0 Å². The lowest BCUT2D eigenvalue weighted by atomic mass is 10.2. The number of halogens is 1. The zero-order valence-electron chi connectivity index (χ0n) is 12.8. The third-order valence-electron chi connectivity index (χ3n) is 3.88. The number of para-hydroxylation sites is 1. The SMILES string of the molecule is CCCNCc1cn(Cc2ccc(Cl)cc2)c2ccccc12. The standard InChI is InChI=1S/C19H21ClN2/c1-2-11-21-12-16-14-22(19-6-4-3-5-18(16)19)13-15-7-9-17(20)10-8-15/h3-10,14,21H,2,11-13H2,1H3. The van der Waals surface area contributed by atoms with Crippen LogP contribution >= 0.6 is 11.6 Å². The van der Waals surface area contributed by atoms with Crippen molar-refractivity contribution in [2.24, 2.45) is 0 Å². The summed E-state index contributed by atoms with van der Waals surface area (Å²) in [6.45, 7) is 5.03. The topological polar surface area (TPSA) is 17.0 Å². The molecule has 1 aromatic heterocycles. The summed E-state index contributed by atoms with van der Waals surface area (Å²) in [5.41, 5.74) is 3.90. The first-order valence-corrected chi connectivity index (χ1v) is 8.17. The number of fused-ring (bicyclic) bond motifs is 1. The summed E-state index contributed by atoms with van der Waals surface area (Å²) in [5, 5.41) is 5.61. The number of benzene rings is 2. The average molecular weight is 313 g/mol. The predicted octanol–water partition coefficient (Wildman–Crippen LogP) is 4.84. The van der Waals surface area contributed by atoms with Gasteiger partial charge in [-0.2, -0.15) is 0 Å². The Labute approximate surface area is 136 Å². The largest absolute Gasteiger partial charge is 0.343 e. The summed E-state index contributed by atoms with van der Waals surface area (Å²) in [5.74, 6) is 0. The second kappa shape index (κ2) is 6.99. The van der Waals surface area contributed by atoms with Gasteiger partial charge in [-0.15, -0.1) is 0 Å². The first-order chi connectivity index (χ1) is 10.8. The van der Waals surface area contributed by atoms with Crippen LogP contribution in [0, 0.1) is 0 Å². The third-order valence-corrected chi connectivity index (χ3v) is 4.13. The Morgan fingerprint density at radius 1 is 1.05 bits per heavy atom. The van der Waals surface area contributed by atoms with E-state index >= 15 is 0 Å². The minimum Gasteiger partial charge on any atom is -0.343 e. The van der Waals surface area contributed by atoms with E-state index in [4.69, 9.17) is 11.6 Å². The highest BCUT2D eigenvalue weighted by Gasteiger charge is 2.08. The summed E-state index contributed by atoms with van der Waals surface area (Å²) in [6.07, 6.45) is 3.42. The second-order valence-electron chi connectivity index (χ2n) is 5.60. The van der Waals surface area contributed by atoms with Crippen molar-refractivity contribution in [3.05, 3.63) is 70.9 Å². The van der Waals surface area contributed by atoms with Crippen molar-refractivity contribution in [3.8, 4) is 0 Å². The first-order valence-electron chi connectivity index (χ1n) is 7.80. The summed E-state index contributed by atoms with van der Waals surface area (Å²) < 4.78 is 2.32. The lowest BCUT2D eigenvalue weighted by Crippen LogP contribution is -2.13. The van der Waals surface area contributed by atoms with Crippen molar-refractivity contribution in [1.29, 1.82) is 0 Å². The monoisotopic (exact) mass is 312 g/mol. The molecule has 0 amide bonds. The van der Waals surface area contributed by atoms with E-state index in [0.29, 0.717) is 0 Å². The van der Waals surface area contributed by atoms with Crippen LogP contribution in [-0.4, -0.2) is 11.1 Å². The molecule has 0 aliphatic carbocycles. The van der Waals surface area contributed by atoms with Crippen LogP contribution in [0.1, 0.15) is 24.5 Å². The molecule has 0 aliphatic rings. The number of nitrogens with one attached hydrogen (secondary N) is 1. The van der Waals surface area contributed by atoms with Crippen LogP contribution in [0.2, 0.25) is 5.02 Å². The van der Waals surface area contributed by atoms with Gasteiger partial charge in [-0.05, 0) is 42.3 Å². The molecule has 0 bridgehead atoms. The van der Waals surface area contributed by atoms with Crippen LogP contribution in [0.4, 0.5) is 0 Å². The Morgan fingerprint density at radius 3 is 2.59 bits per heavy atom. The maximum Gasteiger partial charge on any atom is 0.0486 e. The minimum atomic E-state index is 0.783. The molecule has 1 N–H and O–H groups in total. The third kappa shape index (κ3) is 3.34. The molecule has 3 aromatic rings. The van der Waals surface area contributed by atoms with E-state index in [1.165, 1.54) is 22.0 Å². The van der Waals surface area contributed by atoms with E-state index in [2.05, 4.69) is 59.4 Å². The van der Waals surface area contributed by atoms with Crippen LogP contribution in [-0.2, 0) is 13.1 Å². The van der Waals surface area contributed by atoms with Gasteiger partial charge in [0.05, 0.1) is 0 Å². The molecule has 3 rings (SSSR count). The van der Waals surface area contributed by atoms with Crippen LogP contribution < -0.4 is 5.32 Å². The molecular weight excluding hydrogens is 292 g/mol. The van der Waals surface area contributed by atoms with Crippen molar-refractivity contribution in [1.82, 2.24) is 9.88 Å². The Hall–Kier alpha value is -1.77. The molecule has 0 saturated carbocycles. The number of rotatable bonds is 6. The van der Waals surface area contributed by atoms with Crippen molar-refractivity contribution in [3.63, 3.8) is 0 Å². The Balaban J connectivity index is 1.90. The Bertz CT molecular complexity index is 744. The van der Waals surface area contributed by atoms with E-state index in [-0.39, 0.29) is 0 Å². The summed E-state index contributed by atoms with van der Waals surface area (Å²) in [4.78, 5) is 0. The highest BCUT2D eigenvalue weighted by molar-refractivity contribution is 6.30. The summed E-state index contributed by atoms with van der Waals surface area (Å²) >= 11 is 5.97. The molecular formula is C19H21ClN2. The lowest BCUT2D eigenvalue weighted by molar-refractivity contribution is 0.675. The maximum absolute atomic E-state index is 5.97. The average Bonchev–Trinajstić information content (AvgIpc) is 2.88. The van der Waals surface area contributed by atoms with Crippen molar-refractivity contribution < 1.29 is 0 Å². The van der Waals surface area contributed by atoms with Crippen LogP contribution in [0.25, 0.3) is 10.9 Å². The predicted molar refractivity (Wildman–Crippen MR) is 94.5 cm³/mol. The zero-order chi connectivity index (χ0) is 15.4. The molecule has 22 heavy (non-hydrogen) atoms. The fraction of sp³-hybridized carbons (Fsp3) is 0.263. The molecule has 1 heterocycles. The van der Waals surface area contributed by atoms with Crippen LogP contribution in [0.3, 0.4) is 0 Å². The van der Waals surface area contributed by atoms with Gasteiger partial charge < -0.3 is 9.88 Å². The normalized spacial score (nSPS) is 11.2. The smallest absolute Gasteiger partial charge is 0.0486 e. The fourth-order valence-electron chi connectivity index (χ4n) is 2.78. The van der Waals surface area contributed by atoms with Crippen LogP contribution in [0.5, 0.6) is 0 Å². The van der Waals surface area contributed by atoms with E-state index < -0.39 is 0 Å². The summed E-state index contributed by atoms with van der Waals surface area (Å²) in [7, 11) is 0. The van der Waals surface area contributed by atoms with Crippen molar-refractivity contribution in [2.45, 2.75) is 26.4 Å². The minimum absolute atomic E-state index is 0.783. The first kappa shape index (κ1) is 15.1. The van der Waals surface area contributed by atoms with Gasteiger partial charge in [0.15, 0.2) is 0 Å². The molecule has 0 aliphatic heterocycles. The molecule has 0 unspecified atom stereocenters. The second-order valence-corrected chi connectivity index (χ2v) is 6.04. The van der Waals surface area contributed by atoms with Crippen LogP contribution in [0.15, 0.2) is 54.7 Å². The van der Waals surface area contributed by atoms with Gasteiger partial charge in [0.1, 0.15) is 0 Å². The molecule has 0 radical (unpaired) electrons. The van der Waals surface area contributed by atoms with Gasteiger partial charge in [0, 0.05) is 35.2 Å². The lowest BCUT2D eigenvalue weighted by Gasteiger charge is -2.05. The highest BCUT2D eigenvalue weighted by Crippen LogP contribution is 2.22. The van der Waals surface area contributed by atoms with E-state index in [1.54, 1.807) is 0 Å². The zero-order valence-corrected chi connectivity index (χ0v) is 13.6. The van der Waals surface area contributed by atoms with Gasteiger partial charge in [0.25, 0.3) is 0 Å². The molecule has 0 spiro atoms. The fourth-order valence-corrected chi connectivity index (χ4v) is 2.91. The van der Waals surface area contributed by atoms with Gasteiger partial charge in [-0.1, -0.05) is 48.9 Å². The summed E-state index contributed by atoms with van der Waals surface area (Å²) in [6, 6.07) is 16.7. The Kier molecular flexibility index (Phi) is 4.81. The van der Waals surface area contributed by atoms with Gasteiger partial charge in [-0.25, -0.2) is 0 Å². The number of hydrogen-bond acceptors (Lipinski definition) is 1. The molecule has 0 atom stereocenters. The van der Waals surface area contributed by atoms with E-state index in [1.807, 2.05) is 12.1 Å². The Morgan fingerprint density at radius 2 is 1.82 bits per heavy atom. The van der Waals surface area contributed by atoms with Gasteiger partial charge in [0.2, 0.25) is 0 Å². The number of nitrogens with zero attached hydrogens (tertiary/aromatic N) is 1. The number of hydrogen-bond donors (Lipinski definition) is 1. The molecule has 0 saturated heterocycles. The highest BCUT2D eigenvalue weighted by atomic mass is 35.5. The molecule has 114 valence electrons. The van der Waals surface area contributed by atoms with Crippen molar-refractivity contribution in [2.75, 3.05) is 6.54 Å². The maximum atomic E-state index is 5.97. The van der Waals surface area contributed by atoms with E-state index in [0.717, 1.165) is 31.1 Å². The number of aromatic nitrogens is 1. The molecule has 0 fully saturated rings. The quantitative estimate of drug-likeness (QED) is 0.644.